The molecule has 1 atom stereocenters. The minimum Gasteiger partial charge on any atom is -0.352 e. The van der Waals surface area contributed by atoms with Crippen LogP contribution in [-0.2, 0) is 16.3 Å². The van der Waals surface area contributed by atoms with Crippen molar-refractivity contribution in [3.63, 3.8) is 0 Å². The molecule has 0 bridgehead atoms. The van der Waals surface area contributed by atoms with Crippen molar-refractivity contribution in [2.45, 2.75) is 38.6 Å². The maximum Gasteiger partial charge on any atom is 0.254 e. The van der Waals surface area contributed by atoms with Crippen LogP contribution in [0.15, 0.2) is 42.6 Å². The lowest BCUT2D eigenvalue weighted by Crippen LogP contribution is -2.26. The fourth-order valence-electron chi connectivity index (χ4n) is 3.82. The van der Waals surface area contributed by atoms with Crippen LogP contribution in [0.1, 0.15) is 54.0 Å². The number of carbonyl (C=O) groups excluding carboxylic acids is 1. The van der Waals surface area contributed by atoms with Gasteiger partial charge in [-0.05, 0) is 24.5 Å². The zero-order valence-electron chi connectivity index (χ0n) is 17.2. The third-order valence-corrected chi connectivity index (χ3v) is 7.21. The molecule has 4 rings (SSSR count). The Morgan fingerprint density at radius 1 is 1.23 bits per heavy atom. The van der Waals surface area contributed by atoms with E-state index in [1.807, 2.05) is 50.2 Å². The van der Waals surface area contributed by atoms with E-state index >= 15 is 0 Å². The van der Waals surface area contributed by atoms with E-state index in [1.165, 1.54) is 0 Å². The molecule has 7 nitrogen and oxygen atoms in total. The summed E-state index contributed by atoms with van der Waals surface area (Å²) in [5.41, 5.74) is 3.07. The summed E-state index contributed by atoms with van der Waals surface area (Å²) >= 11 is 0. The van der Waals surface area contributed by atoms with Crippen molar-refractivity contribution >= 4 is 26.6 Å². The molecular weight excluding hydrogens is 400 g/mol. The van der Waals surface area contributed by atoms with Crippen LogP contribution in [0.3, 0.4) is 0 Å². The molecule has 1 fully saturated rings. The van der Waals surface area contributed by atoms with Crippen LogP contribution in [0.2, 0.25) is 0 Å². The first-order valence-electron chi connectivity index (χ1n) is 10.2. The van der Waals surface area contributed by atoms with E-state index in [1.54, 1.807) is 10.9 Å². The van der Waals surface area contributed by atoms with E-state index in [0.717, 1.165) is 16.6 Å². The number of hydrogen-bond donors (Lipinski definition) is 1. The number of amides is 1. The normalized spacial score (nSPS) is 18.2. The molecule has 0 saturated carbocycles. The average Bonchev–Trinajstić information content (AvgIpc) is 3.31. The SMILES string of the molecule is CC(C)c1nn(C2CCS(=O)(=O)C2)cc1C(=O)NCCc1ccc2ccccc2n1. The Morgan fingerprint density at radius 3 is 2.77 bits per heavy atom. The van der Waals surface area contributed by atoms with Crippen molar-refractivity contribution in [2.24, 2.45) is 0 Å². The number of benzene rings is 1. The predicted molar refractivity (Wildman–Crippen MR) is 116 cm³/mol. The maximum atomic E-state index is 12.8. The molecule has 1 amide bonds. The number of nitrogens with one attached hydrogen (secondary N) is 1. The number of pyridine rings is 1. The van der Waals surface area contributed by atoms with E-state index in [2.05, 4.69) is 15.4 Å². The fraction of sp³-hybridized carbons (Fsp3) is 0.409. The van der Waals surface area contributed by atoms with Gasteiger partial charge < -0.3 is 5.32 Å². The summed E-state index contributed by atoms with van der Waals surface area (Å²) in [6, 6.07) is 11.8. The van der Waals surface area contributed by atoms with Gasteiger partial charge >= 0.3 is 0 Å². The molecule has 158 valence electrons. The van der Waals surface area contributed by atoms with Crippen molar-refractivity contribution in [1.82, 2.24) is 20.1 Å². The van der Waals surface area contributed by atoms with E-state index in [4.69, 9.17) is 0 Å². The van der Waals surface area contributed by atoms with E-state index < -0.39 is 9.84 Å². The molecule has 1 saturated heterocycles. The van der Waals surface area contributed by atoms with Gasteiger partial charge in [-0.1, -0.05) is 38.1 Å². The smallest absolute Gasteiger partial charge is 0.254 e. The van der Waals surface area contributed by atoms with E-state index in [9.17, 15) is 13.2 Å². The number of sulfone groups is 1. The van der Waals surface area contributed by atoms with Gasteiger partial charge in [0.1, 0.15) is 0 Å². The zero-order valence-corrected chi connectivity index (χ0v) is 18.0. The number of carbonyl (C=O) groups is 1. The van der Waals surface area contributed by atoms with Gasteiger partial charge in [-0.15, -0.1) is 0 Å². The van der Waals surface area contributed by atoms with Crippen molar-refractivity contribution < 1.29 is 13.2 Å². The van der Waals surface area contributed by atoms with Gasteiger partial charge in [0.25, 0.3) is 5.91 Å². The van der Waals surface area contributed by atoms with E-state index in [0.29, 0.717) is 30.6 Å². The number of hydrogen-bond acceptors (Lipinski definition) is 5. The third kappa shape index (κ3) is 4.38. The molecule has 1 N–H and O–H groups in total. The van der Waals surface area contributed by atoms with Crippen LogP contribution in [0.4, 0.5) is 0 Å². The molecule has 0 aliphatic carbocycles. The minimum atomic E-state index is -3.02. The first-order chi connectivity index (χ1) is 14.3. The largest absolute Gasteiger partial charge is 0.352 e. The molecule has 1 aliphatic rings. The molecular formula is C22H26N4O3S. The van der Waals surface area contributed by atoms with Crippen molar-refractivity contribution in [1.29, 1.82) is 0 Å². The number of rotatable bonds is 6. The summed E-state index contributed by atoms with van der Waals surface area (Å²) < 4.78 is 25.3. The van der Waals surface area contributed by atoms with Gasteiger partial charge in [-0.3, -0.25) is 14.5 Å². The Kier molecular flexibility index (Phi) is 5.60. The lowest BCUT2D eigenvalue weighted by atomic mass is 10.1. The average molecular weight is 427 g/mol. The molecule has 0 radical (unpaired) electrons. The van der Waals surface area contributed by atoms with Crippen LogP contribution in [0.25, 0.3) is 10.9 Å². The molecule has 3 heterocycles. The third-order valence-electron chi connectivity index (χ3n) is 5.46. The second kappa shape index (κ2) is 8.18. The molecule has 1 aliphatic heterocycles. The standard InChI is InChI=1S/C22H26N4O3S/c1-15(2)21-19(13-26(25-21)18-10-12-30(28,29)14-18)22(27)23-11-9-17-8-7-16-5-3-4-6-20(16)24-17/h3-8,13,15,18H,9-12,14H2,1-2H3,(H,23,27). The number of fused-ring (bicyclic) bond motifs is 1. The second-order valence-corrected chi connectivity index (χ2v) is 10.3. The molecule has 8 heteroatoms. The number of aromatic nitrogens is 3. The Labute approximate surface area is 176 Å². The first-order valence-corrected chi connectivity index (χ1v) is 12.1. The van der Waals surface area contributed by atoms with Crippen molar-refractivity contribution in [3.05, 3.63) is 59.5 Å². The Morgan fingerprint density at radius 2 is 2.03 bits per heavy atom. The molecule has 3 aromatic rings. The topological polar surface area (TPSA) is 94.0 Å². The highest BCUT2D eigenvalue weighted by atomic mass is 32.2. The minimum absolute atomic E-state index is 0.0622. The summed E-state index contributed by atoms with van der Waals surface area (Å²) in [5.74, 6) is 0.134. The summed E-state index contributed by atoms with van der Waals surface area (Å²) in [5, 5.41) is 8.61. The summed E-state index contributed by atoms with van der Waals surface area (Å²) in [7, 11) is -3.02. The van der Waals surface area contributed by atoms with Crippen LogP contribution >= 0.6 is 0 Å². The Balaban J connectivity index is 1.44. The molecule has 2 aromatic heterocycles. The van der Waals surface area contributed by atoms with Crippen LogP contribution < -0.4 is 5.32 Å². The monoisotopic (exact) mass is 426 g/mol. The van der Waals surface area contributed by atoms with Gasteiger partial charge in [0.15, 0.2) is 9.84 Å². The van der Waals surface area contributed by atoms with Gasteiger partial charge in [-0.25, -0.2) is 8.42 Å². The zero-order chi connectivity index (χ0) is 21.3. The lowest BCUT2D eigenvalue weighted by molar-refractivity contribution is 0.0952. The van der Waals surface area contributed by atoms with Gasteiger partial charge in [-0.2, -0.15) is 5.10 Å². The number of nitrogens with zero attached hydrogens (tertiary/aromatic N) is 3. The Hall–Kier alpha value is -2.74. The van der Waals surface area contributed by atoms with Crippen LogP contribution in [0.5, 0.6) is 0 Å². The first kappa shape index (κ1) is 20.5. The fourth-order valence-corrected chi connectivity index (χ4v) is 5.53. The second-order valence-electron chi connectivity index (χ2n) is 8.12. The number of para-hydroxylation sites is 1. The van der Waals surface area contributed by atoms with Crippen LogP contribution in [-0.4, -0.2) is 47.1 Å². The van der Waals surface area contributed by atoms with Gasteiger partial charge in [0.2, 0.25) is 0 Å². The Bertz CT molecular complexity index is 1180. The highest BCUT2D eigenvalue weighted by Crippen LogP contribution is 2.26. The maximum absolute atomic E-state index is 12.8. The summed E-state index contributed by atoms with van der Waals surface area (Å²) in [4.78, 5) is 17.5. The van der Waals surface area contributed by atoms with Crippen molar-refractivity contribution in [2.75, 3.05) is 18.1 Å². The molecule has 30 heavy (non-hydrogen) atoms. The van der Waals surface area contributed by atoms with Gasteiger partial charge in [0, 0.05) is 30.2 Å². The summed E-state index contributed by atoms with van der Waals surface area (Å²) in [6.07, 6.45) is 2.86. The highest BCUT2D eigenvalue weighted by molar-refractivity contribution is 7.91. The molecule has 1 unspecified atom stereocenters. The van der Waals surface area contributed by atoms with Gasteiger partial charge in [0.05, 0.1) is 34.3 Å². The van der Waals surface area contributed by atoms with E-state index in [-0.39, 0.29) is 29.4 Å². The van der Waals surface area contributed by atoms with Crippen LogP contribution in [0, 0.1) is 0 Å². The summed E-state index contributed by atoms with van der Waals surface area (Å²) in [6.45, 7) is 4.42. The predicted octanol–water partition coefficient (Wildman–Crippen LogP) is 2.89. The molecule has 1 aromatic carbocycles. The lowest BCUT2D eigenvalue weighted by Gasteiger charge is -2.07. The quantitative estimate of drug-likeness (QED) is 0.654. The molecule has 0 spiro atoms. The highest BCUT2D eigenvalue weighted by Gasteiger charge is 2.31. The van der Waals surface area contributed by atoms with Crippen molar-refractivity contribution in [3.8, 4) is 0 Å².